The van der Waals surface area contributed by atoms with Crippen molar-refractivity contribution in [1.29, 1.82) is 0 Å². The zero-order valence-corrected chi connectivity index (χ0v) is 17.9. The molecule has 0 saturated carbocycles. The molecule has 2 aromatic rings. The molecule has 0 aromatic heterocycles. The highest BCUT2D eigenvalue weighted by Gasteiger charge is 2.05. The van der Waals surface area contributed by atoms with Gasteiger partial charge in [0.2, 0.25) is 5.96 Å². The van der Waals surface area contributed by atoms with Crippen LogP contribution in [0.15, 0.2) is 51.7 Å². The molecule has 11 heteroatoms. The van der Waals surface area contributed by atoms with Gasteiger partial charge in [-0.3, -0.25) is 0 Å². The number of benzene rings is 2. The van der Waals surface area contributed by atoms with Crippen LogP contribution in [0.3, 0.4) is 0 Å². The van der Waals surface area contributed by atoms with Gasteiger partial charge in [0.05, 0.1) is 12.4 Å². The van der Waals surface area contributed by atoms with Gasteiger partial charge >= 0.3 is 0 Å². The Morgan fingerprint density at radius 1 is 0.933 bits per heavy atom. The van der Waals surface area contributed by atoms with Gasteiger partial charge in [0, 0.05) is 32.5 Å². The van der Waals surface area contributed by atoms with Crippen LogP contribution >= 0.6 is 23.2 Å². The first kappa shape index (κ1) is 23.4. The van der Waals surface area contributed by atoms with Gasteiger partial charge in [-0.05, 0) is 50.2 Å². The number of hydrazone groups is 1. The Labute approximate surface area is 184 Å². The number of halogens is 2. The molecule has 0 fully saturated rings. The fourth-order valence-corrected chi connectivity index (χ4v) is 2.67. The molecule has 0 amide bonds. The summed E-state index contributed by atoms with van der Waals surface area (Å²) in [5, 5.41) is 37.5. The molecule has 2 rings (SSSR count). The van der Waals surface area contributed by atoms with Crippen LogP contribution in [-0.4, -0.2) is 41.1 Å². The molecule has 30 heavy (non-hydrogen) atoms. The lowest BCUT2D eigenvalue weighted by Crippen LogP contribution is -2.26. The van der Waals surface area contributed by atoms with Crippen molar-refractivity contribution in [2.75, 3.05) is 10.6 Å². The Morgan fingerprint density at radius 3 is 1.93 bits per heavy atom. The average Bonchev–Trinajstić information content (AvgIpc) is 2.64. The third kappa shape index (κ3) is 7.88. The number of aliphatic hydroxyl groups excluding tert-OH is 2. The topological polar surface area (TPSA) is 140 Å². The monoisotopic (exact) mass is 451 g/mol. The Hall–Kier alpha value is -2.85. The molecule has 0 saturated heterocycles. The number of aliphatic hydroxyl groups is 2. The van der Waals surface area contributed by atoms with Crippen molar-refractivity contribution < 1.29 is 10.2 Å². The van der Waals surface area contributed by atoms with Gasteiger partial charge < -0.3 is 26.6 Å². The number of hydrogen-bond donors (Lipinski definition) is 6. The molecule has 0 aliphatic heterocycles. The predicted molar refractivity (Wildman–Crippen MR) is 123 cm³/mol. The van der Waals surface area contributed by atoms with E-state index < -0.39 is 12.5 Å². The Morgan fingerprint density at radius 2 is 1.43 bits per heavy atom. The third-order valence-corrected chi connectivity index (χ3v) is 3.97. The van der Waals surface area contributed by atoms with Crippen LogP contribution in [0.25, 0.3) is 0 Å². The van der Waals surface area contributed by atoms with Crippen LogP contribution < -0.4 is 21.8 Å². The van der Waals surface area contributed by atoms with Gasteiger partial charge in [-0.1, -0.05) is 23.2 Å². The van der Waals surface area contributed by atoms with E-state index in [-0.39, 0.29) is 5.96 Å². The zero-order chi connectivity index (χ0) is 22.1. The molecule has 2 atom stereocenters. The lowest BCUT2D eigenvalue weighted by atomic mass is 10.2. The molecule has 9 nitrogen and oxygen atoms in total. The van der Waals surface area contributed by atoms with E-state index in [9.17, 15) is 10.2 Å². The molecule has 7 N–H and O–H groups in total. The maximum atomic E-state index is 9.51. The van der Waals surface area contributed by atoms with Crippen molar-refractivity contribution in [3.63, 3.8) is 0 Å². The van der Waals surface area contributed by atoms with Gasteiger partial charge in [0.25, 0.3) is 0 Å². The number of nitrogens with two attached hydrogens (primary N) is 1. The molecule has 0 radical (unpaired) electrons. The molecule has 160 valence electrons. The fourth-order valence-electron chi connectivity index (χ4n) is 2.33. The van der Waals surface area contributed by atoms with Crippen LogP contribution in [0.2, 0.25) is 10.0 Å². The zero-order valence-electron chi connectivity index (χ0n) is 16.3. The minimum atomic E-state index is -0.763. The smallest absolute Gasteiger partial charge is 0.234 e. The second kappa shape index (κ2) is 11.4. The number of anilines is 2. The Balaban J connectivity index is 2.05. The van der Waals surface area contributed by atoms with Crippen molar-refractivity contribution in [3.8, 4) is 0 Å². The van der Waals surface area contributed by atoms with E-state index in [4.69, 9.17) is 28.9 Å². The first-order valence-corrected chi connectivity index (χ1v) is 9.64. The minimum absolute atomic E-state index is 0.0412. The summed E-state index contributed by atoms with van der Waals surface area (Å²) < 4.78 is 0. The van der Waals surface area contributed by atoms with Crippen molar-refractivity contribution in [1.82, 2.24) is 5.43 Å². The Kier molecular flexibility index (Phi) is 8.88. The van der Waals surface area contributed by atoms with Crippen molar-refractivity contribution >= 4 is 53.0 Å². The predicted octanol–water partition coefficient (Wildman–Crippen LogP) is 2.77. The second-order valence-electron chi connectivity index (χ2n) is 6.20. The molecule has 0 bridgehead atoms. The van der Waals surface area contributed by atoms with Crippen LogP contribution in [-0.2, 0) is 0 Å². The largest absolute Gasteiger partial charge is 0.374 e. The SMILES string of the molecule is CC(O)Nc1cc(Cl)ccc1C=N/N=C(/N)NN=Cc1ccc(Cl)cc1NC(C)O. The summed E-state index contributed by atoms with van der Waals surface area (Å²) in [4.78, 5) is 0. The first-order valence-electron chi connectivity index (χ1n) is 8.88. The molecule has 0 heterocycles. The summed E-state index contributed by atoms with van der Waals surface area (Å²) in [6, 6.07) is 10.2. The molecule has 0 aliphatic carbocycles. The lowest BCUT2D eigenvalue weighted by Gasteiger charge is -2.12. The molecular weight excluding hydrogens is 429 g/mol. The maximum Gasteiger partial charge on any atom is 0.234 e. The average molecular weight is 452 g/mol. The van der Waals surface area contributed by atoms with E-state index in [0.29, 0.717) is 32.5 Å². The van der Waals surface area contributed by atoms with E-state index in [1.807, 2.05) is 0 Å². The van der Waals surface area contributed by atoms with E-state index in [1.54, 1.807) is 50.2 Å². The third-order valence-electron chi connectivity index (χ3n) is 3.50. The highest BCUT2D eigenvalue weighted by molar-refractivity contribution is 6.31. The Bertz CT molecular complexity index is 946. The second-order valence-corrected chi connectivity index (χ2v) is 7.08. The van der Waals surface area contributed by atoms with Crippen LogP contribution in [0.5, 0.6) is 0 Å². The van der Waals surface area contributed by atoms with E-state index in [0.717, 1.165) is 0 Å². The number of hydrogen-bond acceptors (Lipinski definition) is 7. The summed E-state index contributed by atoms with van der Waals surface area (Å²) in [7, 11) is 0. The van der Waals surface area contributed by atoms with Gasteiger partial charge in [0.1, 0.15) is 12.5 Å². The highest BCUT2D eigenvalue weighted by atomic mass is 35.5. The normalized spacial score (nSPS) is 14.1. The van der Waals surface area contributed by atoms with Crippen LogP contribution in [0.1, 0.15) is 25.0 Å². The van der Waals surface area contributed by atoms with E-state index in [2.05, 4.69) is 31.4 Å². The van der Waals surface area contributed by atoms with Crippen molar-refractivity contribution in [2.45, 2.75) is 26.3 Å². The molecule has 0 spiro atoms. The van der Waals surface area contributed by atoms with Crippen molar-refractivity contribution in [2.24, 2.45) is 21.0 Å². The molecule has 2 unspecified atom stereocenters. The quantitative estimate of drug-likeness (QED) is 0.158. The summed E-state index contributed by atoms with van der Waals surface area (Å²) in [6.45, 7) is 3.17. The first-order chi connectivity index (χ1) is 14.2. The highest BCUT2D eigenvalue weighted by Crippen LogP contribution is 2.21. The van der Waals surface area contributed by atoms with Crippen molar-refractivity contribution in [3.05, 3.63) is 57.6 Å². The van der Waals surface area contributed by atoms with Gasteiger partial charge in [0.15, 0.2) is 0 Å². The standard InChI is InChI=1S/C19H23Cl2N7O2/c1-11(29)25-17-7-15(20)5-3-13(17)9-23-27-19(22)28-24-10-14-4-6-16(21)8-18(14)26-12(2)30/h3-12,25-26,29-30H,1-2H3,(H3,22,27,28). The molecule has 0 aliphatic rings. The van der Waals surface area contributed by atoms with Gasteiger partial charge in [-0.15, -0.1) is 5.10 Å². The fraction of sp³-hybridized carbons (Fsp3) is 0.211. The summed E-state index contributed by atoms with van der Waals surface area (Å²) in [6.07, 6.45) is 1.44. The summed E-state index contributed by atoms with van der Waals surface area (Å²) in [5.41, 5.74) is 10.8. The number of guanidine groups is 1. The van der Waals surface area contributed by atoms with Gasteiger partial charge in [-0.25, -0.2) is 5.43 Å². The molecular formula is C19H23Cl2N7O2. The van der Waals surface area contributed by atoms with Crippen LogP contribution in [0.4, 0.5) is 11.4 Å². The number of nitrogens with zero attached hydrogens (tertiary/aromatic N) is 3. The minimum Gasteiger partial charge on any atom is -0.374 e. The van der Waals surface area contributed by atoms with Crippen LogP contribution in [0, 0.1) is 0 Å². The summed E-state index contributed by atoms with van der Waals surface area (Å²) >= 11 is 12.0. The number of nitrogens with one attached hydrogen (secondary N) is 3. The number of rotatable bonds is 8. The van der Waals surface area contributed by atoms with Gasteiger partial charge in [-0.2, -0.15) is 10.2 Å². The maximum absolute atomic E-state index is 9.51. The lowest BCUT2D eigenvalue weighted by molar-refractivity contribution is 0.224. The van der Waals surface area contributed by atoms with E-state index in [1.165, 1.54) is 12.4 Å². The molecule has 2 aromatic carbocycles. The summed E-state index contributed by atoms with van der Waals surface area (Å²) in [5.74, 6) is -0.0412. The van der Waals surface area contributed by atoms with E-state index >= 15 is 0 Å².